The summed E-state index contributed by atoms with van der Waals surface area (Å²) >= 11 is 0. The molecule has 1 aliphatic rings. The third-order valence-corrected chi connectivity index (χ3v) is 1.71. The predicted octanol–water partition coefficient (Wildman–Crippen LogP) is 0.889. The second-order valence-corrected chi connectivity index (χ2v) is 2.92. The molecule has 1 unspecified atom stereocenters. The van der Waals surface area contributed by atoms with Crippen molar-refractivity contribution in [1.82, 2.24) is 0 Å². The highest BCUT2D eigenvalue weighted by Crippen LogP contribution is 2.24. The first-order chi connectivity index (χ1) is 6.02. The van der Waals surface area contributed by atoms with Gasteiger partial charge < -0.3 is 9.84 Å². The van der Waals surface area contributed by atoms with Crippen molar-refractivity contribution >= 4 is 11.8 Å². The largest absolute Gasteiger partial charge is 0.485 e. The van der Waals surface area contributed by atoms with Crippen molar-refractivity contribution in [3.63, 3.8) is 0 Å². The number of rotatable bonds is 4. The van der Waals surface area contributed by atoms with Gasteiger partial charge in [0.1, 0.15) is 0 Å². The maximum Gasteiger partial charge on any atom is 0.307 e. The maximum atomic E-state index is 11.3. The Bertz CT molecular complexity index is 301. The van der Waals surface area contributed by atoms with Crippen molar-refractivity contribution in [2.75, 3.05) is 0 Å². The monoisotopic (exact) mass is 182 g/mol. The minimum absolute atomic E-state index is 0.149. The lowest BCUT2D eigenvalue weighted by Gasteiger charge is -2.25. The van der Waals surface area contributed by atoms with Gasteiger partial charge in [-0.25, -0.2) is 0 Å². The molecule has 1 atom stereocenters. The highest BCUT2D eigenvalue weighted by Gasteiger charge is 2.32. The lowest BCUT2D eigenvalue weighted by Crippen LogP contribution is -2.33. The van der Waals surface area contributed by atoms with Gasteiger partial charge in [0.25, 0.3) is 0 Å². The van der Waals surface area contributed by atoms with Gasteiger partial charge in [-0.2, -0.15) is 0 Å². The summed E-state index contributed by atoms with van der Waals surface area (Å²) < 4.78 is 4.83. The molecule has 1 heterocycles. The van der Waals surface area contributed by atoms with Crippen LogP contribution in [-0.4, -0.2) is 23.0 Å². The van der Waals surface area contributed by atoms with E-state index in [2.05, 4.69) is 6.58 Å². The van der Waals surface area contributed by atoms with E-state index in [4.69, 9.17) is 9.84 Å². The van der Waals surface area contributed by atoms with Crippen LogP contribution in [0.5, 0.6) is 0 Å². The van der Waals surface area contributed by atoms with Crippen LogP contribution in [0.15, 0.2) is 24.0 Å². The predicted molar refractivity (Wildman–Crippen MR) is 45.0 cm³/mol. The minimum Gasteiger partial charge on any atom is -0.485 e. The van der Waals surface area contributed by atoms with Crippen LogP contribution in [0.25, 0.3) is 0 Å². The summed E-state index contributed by atoms with van der Waals surface area (Å²) in [4.78, 5) is 21.6. The highest BCUT2D eigenvalue weighted by molar-refractivity contribution is 6.01. The van der Waals surface area contributed by atoms with Crippen LogP contribution in [0, 0.1) is 0 Å². The number of hydrogen-bond acceptors (Lipinski definition) is 3. The lowest BCUT2D eigenvalue weighted by atomic mass is 9.97. The van der Waals surface area contributed by atoms with Gasteiger partial charge in [0, 0.05) is 5.57 Å². The third kappa shape index (κ3) is 1.96. The summed E-state index contributed by atoms with van der Waals surface area (Å²) in [5.74, 6) is -1.21. The van der Waals surface area contributed by atoms with Crippen LogP contribution in [0.2, 0.25) is 0 Å². The van der Waals surface area contributed by atoms with Gasteiger partial charge in [0.15, 0.2) is 6.10 Å². The molecule has 0 spiro atoms. The molecule has 0 amide bonds. The standard InChI is InChI=1S/C9H10O4/c1-5(2)8(12)9-6(4-13-9)3-7(10)11/h4,9H,1,3H2,2H3,(H,10,11). The fourth-order valence-corrected chi connectivity index (χ4v) is 0.995. The van der Waals surface area contributed by atoms with E-state index >= 15 is 0 Å². The topological polar surface area (TPSA) is 63.6 Å². The van der Waals surface area contributed by atoms with E-state index < -0.39 is 12.1 Å². The number of carboxylic acids is 1. The van der Waals surface area contributed by atoms with E-state index in [-0.39, 0.29) is 12.2 Å². The molecule has 0 aromatic heterocycles. The molecule has 1 rings (SSSR count). The normalized spacial score (nSPS) is 19.5. The van der Waals surface area contributed by atoms with E-state index in [9.17, 15) is 9.59 Å². The van der Waals surface area contributed by atoms with Gasteiger partial charge in [-0.1, -0.05) is 6.58 Å². The zero-order valence-electron chi connectivity index (χ0n) is 7.24. The van der Waals surface area contributed by atoms with Crippen LogP contribution in [0.4, 0.5) is 0 Å². The lowest BCUT2D eigenvalue weighted by molar-refractivity contribution is -0.137. The second kappa shape index (κ2) is 3.43. The smallest absolute Gasteiger partial charge is 0.307 e. The molecule has 1 aliphatic heterocycles. The van der Waals surface area contributed by atoms with Crippen molar-refractivity contribution in [3.8, 4) is 0 Å². The summed E-state index contributed by atoms with van der Waals surface area (Å²) in [6.45, 7) is 5.04. The van der Waals surface area contributed by atoms with Gasteiger partial charge in [0.05, 0.1) is 12.7 Å². The van der Waals surface area contributed by atoms with Crippen molar-refractivity contribution in [3.05, 3.63) is 24.0 Å². The van der Waals surface area contributed by atoms with Gasteiger partial charge in [-0.3, -0.25) is 9.59 Å². The molecule has 0 fully saturated rings. The SMILES string of the molecule is C=C(C)C(=O)C1OC=C1CC(=O)O. The van der Waals surface area contributed by atoms with E-state index in [1.165, 1.54) is 6.26 Å². The third-order valence-electron chi connectivity index (χ3n) is 1.71. The number of ether oxygens (including phenoxy) is 1. The van der Waals surface area contributed by atoms with Gasteiger partial charge in [-0.15, -0.1) is 0 Å². The number of carbonyl (C=O) groups is 2. The number of carboxylic acid groups (broad SMARTS) is 1. The van der Waals surface area contributed by atoms with Crippen molar-refractivity contribution < 1.29 is 19.4 Å². The second-order valence-electron chi connectivity index (χ2n) is 2.92. The molecule has 70 valence electrons. The number of Topliss-reactive ketones (excluding diaryl/α,β-unsaturated/α-hetero) is 1. The number of hydrogen-bond donors (Lipinski definition) is 1. The Labute approximate surface area is 75.5 Å². The number of ketones is 1. The van der Waals surface area contributed by atoms with E-state index in [1.54, 1.807) is 6.92 Å². The Morgan fingerprint density at radius 3 is 2.62 bits per heavy atom. The van der Waals surface area contributed by atoms with E-state index in [1.807, 2.05) is 0 Å². The average Bonchev–Trinajstić information content (AvgIpc) is 1.98. The van der Waals surface area contributed by atoms with Crippen LogP contribution in [0.3, 0.4) is 0 Å². The Morgan fingerprint density at radius 1 is 1.69 bits per heavy atom. The Morgan fingerprint density at radius 2 is 2.31 bits per heavy atom. The first-order valence-electron chi connectivity index (χ1n) is 3.78. The van der Waals surface area contributed by atoms with Crippen molar-refractivity contribution in [2.24, 2.45) is 0 Å². The zero-order chi connectivity index (χ0) is 10.0. The first-order valence-corrected chi connectivity index (χ1v) is 3.78. The summed E-state index contributed by atoms with van der Waals surface area (Å²) in [6, 6.07) is 0. The molecule has 13 heavy (non-hydrogen) atoms. The van der Waals surface area contributed by atoms with Gasteiger partial charge >= 0.3 is 5.97 Å². The van der Waals surface area contributed by atoms with E-state index in [0.717, 1.165) is 0 Å². The molecule has 0 saturated carbocycles. The van der Waals surface area contributed by atoms with Crippen LogP contribution in [-0.2, 0) is 14.3 Å². The van der Waals surface area contributed by atoms with E-state index in [0.29, 0.717) is 11.1 Å². The van der Waals surface area contributed by atoms with Crippen LogP contribution >= 0.6 is 0 Å². The molecule has 4 nitrogen and oxygen atoms in total. The molecule has 0 saturated heterocycles. The molecule has 0 bridgehead atoms. The summed E-state index contributed by atoms with van der Waals surface area (Å²) in [7, 11) is 0. The molecule has 0 radical (unpaired) electrons. The fraction of sp³-hybridized carbons (Fsp3) is 0.333. The first kappa shape index (κ1) is 9.51. The molecule has 0 aliphatic carbocycles. The van der Waals surface area contributed by atoms with Crippen LogP contribution < -0.4 is 0 Å². The molecular weight excluding hydrogens is 172 g/mol. The number of carbonyl (C=O) groups excluding carboxylic acids is 1. The Balaban J connectivity index is 2.59. The Hall–Kier alpha value is -1.58. The Kier molecular flexibility index (Phi) is 2.51. The van der Waals surface area contributed by atoms with Gasteiger partial charge in [-0.05, 0) is 12.5 Å². The summed E-state index contributed by atoms with van der Waals surface area (Å²) in [5, 5.41) is 8.46. The quantitative estimate of drug-likeness (QED) is 0.656. The molecule has 4 heteroatoms. The van der Waals surface area contributed by atoms with Gasteiger partial charge in [0.2, 0.25) is 5.78 Å². The molecule has 0 aromatic rings. The maximum absolute atomic E-state index is 11.3. The highest BCUT2D eigenvalue weighted by atomic mass is 16.5. The van der Waals surface area contributed by atoms with Crippen molar-refractivity contribution in [1.29, 1.82) is 0 Å². The summed E-state index contributed by atoms with van der Waals surface area (Å²) in [5.41, 5.74) is 0.876. The number of aliphatic carboxylic acids is 1. The average molecular weight is 182 g/mol. The molecule has 0 aromatic carbocycles. The molecule has 1 N–H and O–H groups in total. The van der Waals surface area contributed by atoms with Crippen LogP contribution in [0.1, 0.15) is 13.3 Å². The summed E-state index contributed by atoms with van der Waals surface area (Å²) in [6.07, 6.45) is 0.442. The fourth-order valence-electron chi connectivity index (χ4n) is 0.995. The molecular formula is C9H10O4. The minimum atomic E-state index is -0.964. The zero-order valence-corrected chi connectivity index (χ0v) is 7.24. The van der Waals surface area contributed by atoms with Crippen molar-refractivity contribution in [2.45, 2.75) is 19.4 Å².